The smallest absolute Gasteiger partial charge is 0.337 e. The molecule has 0 heterocycles. The van der Waals surface area contributed by atoms with E-state index in [0.717, 1.165) is 11.1 Å². The number of nitrogens with zero attached hydrogens (tertiary/aromatic N) is 1. The number of rotatable bonds is 3. The van der Waals surface area contributed by atoms with Crippen molar-refractivity contribution in [1.82, 2.24) is 0 Å². The van der Waals surface area contributed by atoms with Gasteiger partial charge >= 0.3 is 5.97 Å². The van der Waals surface area contributed by atoms with Gasteiger partial charge in [-0.15, -0.1) is 0 Å². The van der Waals surface area contributed by atoms with Gasteiger partial charge in [0.15, 0.2) is 0 Å². The molecule has 3 nitrogen and oxygen atoms in total. The third-order valence-electron chi connectivity index (χ3n) is 2.93. The topological polar surface area (TPSA) is 50.1 Å². The van der Waals surface area contributed by atoms with Crippen LogP contribution in [0.15, 0.2) is 48.5 Å². The number of ether oxygens (including phenoxy) is 1. The zero-order chi connectivity index (χ0) is 14.5. The fourth-order valence-corrected chi connectivity index (χ4v) is 2.45. The summed E-state index contributed by atoms with van der Waals surface area (Å²) in [5.74, 6) is -0.353. The molecule has 0 aliphatic carbocycles. The highest BCUT2D eigenvalue weighted by atomic mass is 79.9. The first kappa shape index (κ1) is 14.3. The standard InChI is InChI=1S/C16H12BrNO2/c1-20-16(19)13-7-5-12(6-8-13)15(17)14-4-2-3-11(9-14)10-18/h2-9,15H,1H3. The van der Waals surface area contributed by atoms with E-state index in [9.17, 15) is 4.79 Å². The summed E-state index contributed by atoms with van der Waals surface area (Å²) in [5, 5.41) is 8.92. The summed E-state index contributed by atoms with van der Waals surface area (Å²) in [5.41, 5.74) is 3.14. The van der Waals surface area contributed by atoms with Crippen molar-refractivity contribution in [1.29, 1.82) is 5.26 Å². The van der Waals surface area contributed by atoms with E-state index >= 15 is 0 Å². The molecule has 0 aliphatic rings. The maximum absolute atomic E-state index is 11.4. The quantitative estimate of drug-likeness (QED) is 0.635. The minimum atomic E-state index is -0.353. The van der Waals surface area contributed by atoms with Crippen molar-refractivity contribution >= 4 is 21.9 Å². The lowest BCUT2D eigenvalue weighted by atomic mass is 10.0. The number of hydrogen-bond donors (Lipinski definition) is 0. The minimum absolute atomic E-state index is 0.0255. The van der Waals surface area contributed by atoms with Gasteiger partial charge in [0.25, 0.3) is 0 Å². The Morgan fingerprint density at radius 3 is 2.50 bits per heavy atom. The number of halogens is 1. The second-order valence-electron chi connectivity index (χ2n) is 4.21. The SMILES string of the molecule is COC(=O)c1ccc(C(Br)c2cccc(C#N)c2)cc1. The Morgan fingerprint density at radius 2 is 1.90 bits per heavy atom. The van der Waals surface area contributed by atoms with Gasteiger partial charge in [-0.3, -0.25) is 0 Å². The van der Waals surface area contributed by atoms with E-state index in [-0.39, 0.29) is 10.8 Å². The van der Waals surface area contributed by atoms with Crippen molar-refractivity contribution < 1.29 is 9.53 Å². The first-order chi connectivity index (χ1) is 9.65. The van der Waals surface area contributed by atoms with E-state index in [0.29, 0.717) is 11.1 Å². The fourth-order valence-electron chi connectivity index (χ4n) is 1.86. The van der Waals surface area contributed by atoms with Gasteiger partial charge in [0.2, 0.25) is 0 Å². The molecule has 2 aromatic rings. The summed E-state index contributed by atoms with van der Waals surface area (Å²) in [7, 11) is 1.36. The molecule has 0 amide bonds. The molecule has 100 valence electrons. The third-order valence-corrected chi connectivity index (χ3v) is 3.99. The van der Waals surface area contributed by atoms with Crippen LogP contribution in [0, 0.1) is 11.3 Å². The Balaban J connectivity index is 2.27. The number of methoxy groups -OCH3 is 1. The van der Waals surface area contributed by atoms with Crippen molar-refractivity contribution in [3.8, 4) is 6.07 Å². The van der Waals surface area contributed by atoms with E-state index < -0.39 is 0 Å². The van der Waals surface area contributed by atoms with Gasteiger partial charge in [0.1, 0.15) is 0 Å². The van der Waals surface area contributed by atoms with Crippen molar-refractivity contribution in [2.24, 2.45) is 0 Å². The van der Waals surface area contributed by atoms with Crippen molar-refractivity contribution in [3.05, 3.63) is 70.8 Å². The number of esters is 1. The molecule has 4 heteroatoms. The normalized spacial score (nSPS) is 11.4. The lowest BCUT2D eigenvalue weighted by molar-refractivity contribution is 0.0600. The number of hydrogen-bond acceptors (Lipinski definition) is 3. The summed E-state index contributed by atoms with van der Waals surface area (Å²) < 4.78 is 4.66. The highest BCUT2D eigenvalue weighted by Gasteiger charge is 2.12. The second kappa shape index (κ2) is 6.36. The second-order valence-corrected chi connectivity index (χ2v) is 5.13. The molecule has 2 aromatic carbocycles. The predicted molar refractivity (Wildman–Crippen MR) is 79.7 cm³/mol. The molecular weight excluding hydrogens is 318 g/mol. The Morgan fingerprint density at radius 1 is 1.20 bits per heavy atom. The molecule has 2 rings (SSSR count). The average molecular weight is 330 g/mol. The highest BCUT2D eigenvalue weighted by molar-refractivity contribution is 9.09. The lowest BCUT2D eigenvalue weighted by Gasteiger charge is -2.11. The van der Waals surface area contributed by atoms with Crippen LogP contribution in [0.1, 0.15) is 31.9 Å². The molecule has 0 saturated carbocycles. The van der Waals surface area contributed by atoms with Gasteiger partial charge in [-0.25, -0.2) is 4.79 Å². The maximum atomic E-state index is 11.4. The minimum Gasteiger partial charge on any atom is -0.465 e. The summed E-state index contributed by atoms with van der Waals surface area (Å²) in [6.07, 6.45) is 0. The van der Waals surface area contributed by atoms with Crippen LogP contribution in [0.5, 0.6) is 0 Å². The van der Waals surface area contributed by atoms with Crippen LogP contribution in [0.2, 0.25) is 0 Å². The van der Waals surface area contributed by atoms with Crippen LogP contribution < -0.4 is 0 Å². The Bertz CT molecular complexity index is 659. The van der Waals surface area contributed by atoms with Crippen molar-refractivity contribution in [3.63, 3.8) is 0 Å². The Hall–Kier alpha value is -2.12. The van der Waals surface area contributed by atoms with Crippen molar-refractivity contribution in [2.45, 2.75) is 4.83 Å². The summed E-state index contributed by atoms with van der Waals surface area (Å²) in [6, 6.07) is 16.7. The molecule has 0 saturated heterocycles. The van der Waals surface area contributed by atoms with E-state index in [1.165, 1.54) is 7.11 Å². The largest absolute Gasteiger partial charge is 0.465 e. The van der Waals surface area contributed by atoms with Crippen molar-refractivity contribution in [2.75, 3.05) is 7.11 Å². The molecule has 0 fully saturated rings. The number of alkyl halides is 1. The highest BCUT2D eigenvalue weighted by Crippen LogP contribution is 2.31. The fraction of sp³-hybridized carbons (Fsp3) is 0.125. The van der Waals surface area contributed by atoms with Gasteiger partial charge in [0, 0.05) is 0 Å². The van der Waals surface area contributed by atoms with E-state index in [2.05, 4.69) is 26.7 Å². The molecule has 0 aromatic heterocycles. The molecular formula is C16H12BrNO2. The maximum Gasteiger partial charge on any atom is 0.337 e. The van der Waals surface area contributed by atoms with Crippen LogP contribution in [-0.4, -0.2) is 13.1 Å². The molecule has 1 unspecified atom stereocenters. The van der Waals surface area contributed by atoms with E-state index in [1.807, 2.05) is 30.3 Å². The van der Waals surface area contributed by atoms with E-state index in [4.69, 9.17) is 5.26 Å². The van der Waals surface area contributed by atoms with Gasteiger partial charge in [0.05, 0.1) is 29.1 Å². The summed E-state index contributed by atoms with van der Waals surface area (Å²) in [6.45, 7) is 0. The molecule has 1 atom stereocenters. The monoisotopic (exact) mass is 329 g/mol. The van der Waals surface area contributed by atoms with Gasteiger partial charge < -0.3 is 4.74 Å². The van der Waals surface area contributed by atoms with E-state index in [1.54, 1.807) is 18.2 Å². The molecule has 0 bridgehead atoms. The van der Waals surface area contributed by atoms with Gasteiger partial charge in [-0.1, -0.05) is 40.2 Å². The van der Waals surface area contributed by atoms with Gasteiger partial charge in [-0.2, -0.15) is 5.26 Å². The van der Waals surface area contributed by atoms with Crippen LogP contribution in [0.3, 0.4) is 0 Å². The van der Waals surface area contributed by atoms with Crippen LogP contribution in [-0.2, 0) is 4.74 Å². The first-order valence-corrected chi connectivity index (χ1v) is 6.89. The van der Waals surface area contributed by atoms with Crippen LogP contribution >= 0.6 is 15.9 Å². The number of carbonyl (C=O) groups is 1. The summed E-state index contributed by atoms with van der Waals surface area (Å²) in [4.78, 5) is 11.4. The number of carbonyl (C=O) groups excluding carboxylic acids is 1. The first-order valence-electron chi connectivity index (χ1n) is 5.98. The number of nitriles is 1. The predicted octanol–water partition coefficient (Wildman–Crippen LogP) is 3.83. The molecule has 0 aliphatic heterocycles. The zero-order valence-electron chi connectivity index (χ0n) is 10.8. The average Bonchev–Trinajstić information content (AvgIpc) is 2.53. The van der Waals surface area contributed by atoms with Gasteiger partial charge in [-0.05, 0) is 35.4 Å². The Kier molecular flexibility index (Phi) is 4.54. The Labute approximate surface area is 125 Å². The molecule has 20 heavy (non-hydrogen) atoms. The zero-order valence-corrected chi connectivity index (χ0v) is 12.4. The summed E-state index contributed by atoms with van der Waals surface area (Å²) >= 11 is 3.61. The molecule has 0 N–H and O–H groups in total. The lowest BCUT2D eigenvalue weighted by Crippen LogP contribution is -2.01. The molecule has 0 radical (unpaired) electrons. The van der Waals surface area contributed by atoms with Crippen LogP contribution in [0.4, 0.5) is 0 Å². The molecule has 0 spiro atoms. The number of benzene rings is 2. The third kappa shape index (κ3) is 3.06. The van der Waals surface area contributed by atoms with Crippen LogP contribution in [0.25, 0.3) is 0 Å².